The lowest BCUT2D eigenvalue weighted by Gasteiger charge is -2.29. The molecule has 1 aliphatic rings. The number of morpholine rings is 1. The van der Waals surface area contributed by atoms with Crippen LogP contribution in [-0.4, -0.2) is 37.8 Å². The van der Waals surface area contributed by atoms with Gasteiger partial charge in [-0.25, -0.2) is 4.98 Å². The second-order valence-corrected chi connectivity index (χ2v) is 5.31. The summed E-state index contributed by atoms with van der Waals surface area (Å²) in [6.45, 7) is 6.11. The van der Waals surface area contributed by atoms with Gasteiger partial charge in [-0.3, -0.25) is 0 Å². The molecule has 3 rings (SSSR count). The normalized spacial score (nSPS) is 15.8. The van der Waals surface area contributed by atoms with Crippen LogP contribution in [0.15, 0.2) is 24.3 Å². The molecule has 2 N–H and O–H groups in total. The highest BCUT2D eigenvalue weighted by Crippen LogP contribution is 2.25. The van der Waals surface area contributed by atoms with Gasteiger partial charge in [-0.2, -0.15) is 0 Å². The Morgan fingerprint density at radius 3 is 2.80 bits per heavy atom. The molecule has 2 aromatic rings. The van der Waals surface area contributed by atoms with E-state index < -0.39 is 0 Å². The van der Waals surface area contributed by atoms with Crippen LogP contribution >= 0.6 is 0 Å². The van der Waals surface area contributed by atoms with Crippen molar-refractivity contribution in [3.8, 4) is 0 Å². The van der Waals surface area contributed by atoms with Crippen molar-refractivity contribution in [2.24, 2.45) is 5.73 Å². The lowest BCUT2D eigenvalue weighted by Crippen LogP contribution is -2.37. The summed E-state index contributed by atoms with van der Waals surface area (Å²) in [5.74, 6) is 1.08. The molecule has 0 spiro atoms. The van der Waals surface area contributed by atoms with Gasteiger partial charge >= 0.3 is 0 Å². The molecule has 4 heteroatoms. The Morgan fingerprint density at radius 2 is 2.05 bits per heavy atom. The number of aromatic nitrogens is 1. The molecule has 4 nitrogen and oxygen atoms in total. The Bertz CT molecular complexity index is 606. The van der Waals surface area contributed by atoms with E-state index in [1.165, 1.54) is 16.5 Å². The smallest absolute Gasteiger partial charge is 0.132 e. The van der Waals surface area contributed by atoms with Gasteiger partial charge < -0.3 is 15.4 Å². The Morgan fingerprint density at radius 1 is 1.25 bits per heavy atom. The number of hydrogen-bond donors (Lipinski definition) is 1. The number of benzene rings is 1. The fourth-order valence-electron chi connectivity index (χ4n) is 2.72. The van der Waals surface area contributed by atoms with Gasteiger partial charge in [0.15, 0.2) is 0 Å². The van der Waals surface area contributed by atoms with Crippen LogP contribution in [0.2, 0.25) is 0 Å². The summed E-state index contributed by atoms with van der Waals surface area (Å²) in [6.07, 6.45) is 0.865. The molecule has 0 aliphatic carbocycles. The van der Waals surface area contributed by atoms with Crippen LogP contribution in [0.3, 0.4) is 0 Å². The maximum Gasteiger partial charge on any atom is 0.132 e. The van der Waals surface area contributed by atoms with Gasteiger partial charge in [-0.05, 0) is 43.7 Å². The van der Waals surface area contributed by atoms with Gasteiger partial charge in [-0.1, -0.05) is 11.6 Å². The molecule has 0 bridgehead atoms. The number of hydrogen-bond acceptors (Lipinski definition) is 4. The zero-order chi connectivity index (χ0) is 13.9. The van der Waals surface area contributed by atoms with E-state index in [-0.39, 0.29) is 0 Å². The molecule has 1 aromatic carbocycles. The zero-order valence-corrected chi connectivity index (χ0v) is 11.9. The molecule has 106 valence electrons. The number of fused-ring (bicyclic) bond motifs is 1. The highest BCUT2D eigenvalue weighted by Gasteiger charge is 2.16. The molecular weight excluding hydrogens is 250 g/mol. The summed E-state index contributed by atoms with van der Waals surface area (Å²) in [6, 6.07) is 8.64. The number of nitrogens with two attached hydrogens (primary N) is 1. The van der Waals surface area contributed by atoms with Crippen molar-refractivity contribution in [1.82, 2.24) is 4.98 Å². The molecule has 0 unspecified atom stereocenters. The van der Waals surface area contributed by atoms with E-state index in [1.54, 1.807) is 0 Å². The third-order valence-corrected chi connectivity index (χ3v) is 3.75. The monoisotopic (exact) mass is 271 g/mol. The van der Waals surface area contributed by atoms with E-state index in [2.05, 4.69) is 36.1 Å². The molecule has 20 heavy (non-hydrogen) atoms. The van der Waals surface area contributed by atoms with Crippen LogP contribution in [0, 0.1) is 6.92 Å². The summed E-state index contributed by atoms with van der Waals surface area (Å²) in [4.78, 5) is 7.19. The third kappa shape index (κ3) is 2.62. The third-order valence-electron chi connectivity index (χ3n) is 3.75. The first kappa shape index (κ1) is 13.3. The first-order valence-corrected chi connectivity index (χ1v) is 7.21. The quantitative estimate of drug-likeness (QED) is 0.926. The molecule has 0 radical (unpaired) electrons. The van der Waals surface area contributed by atoms with Crippen molar-refractivity contribution in [1.29, 1.82) is 0 Å². The largest absolute Gasteiger partial charge is 0.378 e. The van der Waals surface area contributed by atoms with E-state index in [0.29, 0.717) is 6.54 Å². The second kappa shape index (κ2) is 5.77. The summed E-state index contributed by atoms with van der Waals surface area (Å²) < 4.78 is 5.43. The molecular formula is C16H21N3O. The number of anilines is 1. The predicted octanol–water partition coefficient (Wildman–Crippen LogP) is 1.88. The molecule has 0 amide bonds. The number of ether oxygens (including phenoxy) is 1. The SMILES string of the molecule is Cc1ccc2nc(N3CCOCC3)c(CCN)cc2c1. The molecule has 1 saturated heterocycles. The maximum atomic E-state index is 5.76. The topological polar surface area (TPSA) is 51.4 Å². The van der Waals surface area contributed by atoms with E-state index in [9.17, 15) is 0 Å². The van der Waals surface area contributed by atoms with Crippen LogP contribution in [-0.2, 0) is 11.2 Å². The molecule has 1 aromatic heterocycles. The zero-order valence-electron chi connectivity index (χ0n) is 11.9. The van der Waals surface area contributed by atoms with Gasteiger partial charge in [0.2, 0.25) is 0 Å². The average molecular weight is 271 g/mol. The summed E-state index contributed by atoms with van der Waals surface area (Å²) >= 11 is 0. The minimum Gasteiger partial charge on any atom is -0.378 e. The minimum absolute atomic E-state index is 0.649. The number of aryl methyl sites for hydroxylation is 1. The lowest BCUT2D eigenvalue weighted by molar-refractivity contribution is 0.122. The van der Waals surface area contributed by atoms with Crippen molar-refractivity contribution in [2.75, 3.05) is 37.7 Å². The summed E-state index contributed by atoms with van der Waals surface area (Å²) in [5, 5.41) is 1.20. The van der Waals surface area contributed by atoms with Gasteiger partial charge in [0, 0.05) is 18.5 Å². The first-order valence-electron chi connectivity index (χ1n) is 7.21. The van der Waals surface area contributed by atoms with Gasteiger partial charge in [0.1, 0.15) is 5.82 Å². The Kier molecular flexibility index (Phi) is 3.85. The molecule has 1 aliphatic heterocycles. The highest BCUT2D eigenvalue weighted by molar-refractivity contribution is 5.82. The number of nitrogens with zero attached hydrogens (tertiary/aromatic N) is 2. The first-order chi connectivity index (χ1) is 9.78. The van der Waals surface area contributed by atoms with Crippen molar-refractivity contribution in [3.05, 3.63) is 35.4 Å². The Hall–Kier alpha value is -1.65. The predicted molar refractivity (Wildman–Crippen MR) is 82.3 cm³/mol. The van der Waals surface area contributed by atoms with Gasteiger partial charge in [0.05, 0.1) is 18.7 Å². The molecule has 1 fully saturated rings. The Labute approximate surface area is 119 Å². The fourth-order valence-corrected chi connectivity index (χ4v) is 2.72. The van der Waals surface area contributed by atoms with Crippen molar-refractivity contribution >= 4 is 16.7 Å². The summed E-state index contributed by atoms with van der Waals surface area (Å²) in [5.41, 5.74) is 9.32. The minimum atomic E-state index is 0.649. The Balaban J connectivity index is 2.07. The number of pyridine rings is 1. The second-order valence-electron chi connectivity index (χ2n) is 5.31. The number of rotatable bonds is 3. The van der Waals surface area contributed by atoms with E-state index in [1.807, 2.05) is 0 Å². The van der Waals surface area contributed by atoms with Crippen LogP contribution in [0.1, 0.15) is 11.1 Å². The lowest BCUT2D eigenvalue weighted by atomic mass is 10.1. The van der Waals surface area contributed by atoms with E-state index in [0.717, 1.165) is 44.1 Å². The van der Waals surface area contributed by atoms with Crippen LogP contribution in [0.4, 0.5) is 5.82 Å². The van der Waals surface area contributed by atoms with Crippen LogP contribution < -0.4 is 10.6 Å². The van der Waals surface area contributed by atoms with E-state index >= 15 is 0 Å². The maximum absolute atomic E-state index is 5.76. The van der Waals surface area contributed by atoms with Crippen molar-refractivity contribution < 1.29 is 4.74 Å². The van der Waals surface area contributed by atoms with Crippen molar-refractivity contribution in [2.45, 2.75) is 13.3 Å². The molecule has 2 heterocycles. The molecule has 0 atom stereocenters. The standard InChI is InChI=1S/C16H21N3O/c1-12-2-3-15-14(10-12)11-13(4-5-17)16(18-15)19-6-8-20-9-7-19/h2-3,10-11H,4-9,17H2,1H3. The highest BCUT2D eigenvalue weighted by atomic mass is 16.5. The van der Waals surface area contributed by atoms with Crippen molar-refractivity contribution in [3.63, 3.8) is 0 Å². The fraction of sp³-hybridized carbons (Fsp3) is 0.438. The van der Waals surface area contributed by atoms with Gasteiger partial charge in [0.25, 0.3) is 0 Å². The van der Waals surface area contributed by atoms with Crippen LogP contribution in [0.25, 0.3) is 10.9 Å². The van der Waals surface area contributed by atoms with E-state index in [4.69, 9.17) is 15.5 Å². The average Bonchev–Trinajstić information content (AvgIpc) is 2.48. The van der Waals surface area contributed by atoms with Crippen LogP contribution in [0.5, 0.6) is 0 Å². The summed E-state index contributed by atoms with van der Waals surface area (Å²) in [7, 11) is 0. The molecule has 0 saturated carbocycles. The van der Waals surface area contributed by atoms with Gasteiger partial charge in [-0.15, -0.1) is 0 Å².